The number of amides is 3. The molecule has 0 saturated heterocycles. The Labute approximate surface area is 145 Å². The van der Waals surface area contributed by atoms with Crippen LogP contribution in [0.3, 0.4) is 0 Å². The number of nitrogens with one attached hydrogen (secondary N) is 3. The Morgan fingerprint density at radius 2 is 1.72 bits per heavy atom. The molecule has 0 aromatic heterocycles. The molecule has 1 heterocycles. The van der Waals surface area contributed by atoms with Gasteiger partial charge in [-0.3, -0.25) is 10.1 Å². The molecule has 0 fully saturated rings. The lowest BCUT2D eigenvalue weighted by molar-refractivity contribution is -0.118. The Hall–Kier alpha value is -3.22. The average Bonchev–Trinajstić information content (AvgIpc) is 2.65. The highest BCUT2D eigenvalue weighted by atomic mass is 16.6. The molecule has 7 nitrogen and oxygen atoms in total. The largest absolute Gasteiger partial charge is 0.486 e. The highest BCUT2D eigenvalue weighted by Crippen LogP contribution is 2.32. The maximum Gasteiger partial charge on any atom is 0.321 e. The lowest BCUT2D eigenvalue weighted by atomic mass is 10.2. The fraction of sp³-hybridized carbons (Fsp3) is 0.222. The van der Waals surface area contributed by atoms with Crippen molar-refractivity contribution in [3.05, 3.63) is 54.1 Å². The number of carbonyl (C=O) groups is 2. The third kappa shape index (κ3) is 4.87. The summed E-state index contributed by atoms with van der Waals surface area (Å²) >= 11 is 0. The normalized spacial score (nSPS) is 12.2. The van der Waals surface area contributed by atoms with Gasteiger partial charge in [0.15, 0.2) is 11.5 Å². The molecule has 25 heavy (non-hydrogen) atoms. The minimum atomic E-state index is -0.530. The first-order chi connectivity index (χ1) is 12.2. The van der Waals surface area contributed by atoms with Gasteiger partial charge in [-0.2, -0.15) is 0 Å². The monoisotopic (exact) mass is 341 g/mol. The van der Waals surface area contributed by atoms with Crippen molar-refractivity contribution in [1.82, 2.24) is 10.6 Å². The van der Waals surface area contributed by atoms with E-state index in [1.807, 2.05) is 30.3 Å². The zero-order chi connectivity index (χ0) is 17.5. The van der Waals surface area contributed by atoms with Gasteiger partial charge in [0.2, 0.25) is 5.91 Å². The quantitative estimate of drug-likeness (QED) is 0.773. The summed E-state index contributed by atoms with van der Waals surface area (Å²) in [6.45, 7) is 1.35. The SMILES string of the molecule is O=C(CNc1ccc2c(c1)OCCO2)NC(=O)NCc1ccccc1. The predicted molar refractivity (Wildman–Crippen MR) is 92.7 cm³/mol. The molecule has 3 amide bonds. The molecule has 0 unspecified atom stereocenters. The van der Waals surface area contributed by atoms with Gasteiger partial charge >= 0.3 is 6.03 Å². The van der Waals surface area contributed by atoms with Crippen molar-refractivity contribution in [3.63, 3.8) is 0 Å². The van der Waals surface area contributed by atoms with Crippen LogP contribution < -0.4 is 25.4 Å². The van der Waals surface area contributed by atoms with Crippen molar-refractivity contribution < 1.29 is 19.1 Å². The van der Waals surface area contributed by atoms with E-state index in [1.54, 1.807) is 18.2 Å². The maximum absolute atomic E-state index is 11.8. The van der Waals surface area contributed by atoms with Crippen molar-refractivity contribution in [2.45, 2.75) is 6.54 Å². The zero-order valence-corrected chi connectivity index (χ0v) is 13.6. The maximum atomic E-state index is 11.8. The van der Waals surface area contributed by atoms with Crippen LogP contribution in [-0.2, 0) is 11.3 Å². The third-order valence-corrected chi connectivity index (χ3v) is 3.54. The number of rotatable bonds is 5. The highest BCUT2D eigenvalue weighted by Gasteiger charge is 2.12. The zero-order valence-electron chi connectivity index (χ0n) is 13.6. The van der Waals surface area contributed by atoms with Gasteiger partial charge in [-0.1, -0.05) is 30.3 Å². The summed E-state index contributed by atoms with van der Waals surface area (Å²) < 4.78 is 10.9. The molecule has 0 atom stereocenters. The molecule has 7 heteroatoms. The van der Waals surface area contributed by atoms with Crippen LogP contribution in [0.25, 0.3) is 0 Å². The van der Waals surface area contributed by atoms with E-state index in [0.29, 0.717) is 36.9 Å². The summed E-state index contributed by atoms with van der Waals surface area (Å²) in [5, 5.41) is 7.86. The van der Waals surface area contributed by atoms with E-state index in [4.69, 9.17) is 9.47 Å². The minimum Gasteiger partial charge on any atom is -0.486 e. The average molecular weight is 341 g/mol. The van der Waals surface area contributed by atoms with E-state index in [-0.39, 0.29) is 6.54 Å². The molecule has 0 bridgehead atoms. The lowest BCUT2D eigenvalue weighted by Gasteiger charge is -2.19. The molecular weight excluding hydrogens is 322 g/mol. The summed E-state index contributed by atoms with van der Waals surface area (Å²) in [4.78, 5) is 23.6. The standard InChI is InChI=1S/C18H19N3O4/c22-17(21-18(23)20-11-13-4-2-1-3-5-13)12-19-14-6-7-15-16(10-14)25-9-8-24-15/h1-7,10,19H,8-9,11-12H2,(H2,20,21,22,23). The second-order valence-electron chi connectivity index (χ2n) is 5.43. The van der Waals surface area contributed by atoms with E-state index in [0.717, 1.165) is 5.56 Å². The van der Waals surface area contributed by atoms with Gasteiger partial charge < -0.3 is 20.1 Å². The second-order valence-corrected chi connectivity index (χ2v) is 5.43. The Morgan fingerprint density at radius 1 is 0.960 bits per heavy atom. The molecule has 0 radical (unpaired) electrons. The Morgan fingerprint density at radius 3 is 2.52 bits per heavy atom. The number of carbonyl (C=O) groups excluding carboxylic acids is 2. The van der Waals surface area contributed by atoms with Crippen molar-refractivity contribution in [3.8, 4) is 11.5 Å². The van der Waals surface area contributed by atoms with Crippen LogP contribution >= 0.6 is 0 Å². The number of benzene rings is 2. The predicted octanol–water partition coefficient (Wildman–Crippen LogP) is 1.90. The number of urea groups is 1. The van der Waals surface area contributed by atoms with E-state index >= 15 is 0 Å². The van der Waals surface area contributed by atoms with Crippen LogP contribution in [0.4, 0.5) is 10.5 Å². The van der Waals surface area contributed by atoms with Crippen LogP contribution in [0.2, 0.25) is 0 Å². The van der Waals surface area contributed by atoms with Gasteiger partial charge in [-0.15, -0.1) is 0 Å². The van der Waals surface area contributed by atoms with Gasteiger partial charge in [0.05, 0.1) is 6.54 Å². The molecule has 3 rings (SSSR count). The molecule has 130 valence electrons. The molecular formula is C18H19N3O4. The van der Waals surface area contributed by atoms with Crippen LogP contribution in [0.5, 0.6) is 11.5 Å². The number of anilines is 1. The first-order valence-corrected chi connectivity index (χ1v) is 7.96. The third-order valence-electron chi connectivity index (χ3n) is 3.54. The van der Waals surface area contributed by atoms with Gasteiger partial charge in [0.1, 0.15) is 13.2 Å². The summed E-state index contributed by atoms with van der Waals surface area (Å²) in [7, 11) is 0. The van der Waals surface area contributed by atoms with Gasteiger partial charge in [-0.25, -0.2) is 4.79 Å². The Balaban J connectivity index is 1.42. The summed E-state index contributed by atoms with van der Waals surface area (Å²) in [6, 6.07) is 14.3. The number of hydrogen-bond acceptors (Lipinski definition) is 5. The fourth-order valence-electron chi connectivity index (χ4n) is 2.33. The van der Waals surface area contributed by atoms with Crippen molar-refractivity contribution in [1.29, 1.82) is 0 Å². The molecule has 2 aromatic rings. The lowest BCUT2D eigenvalue weighted by Crippen LogP contribution is -2.41. The second kappa shape index (κ2) is 8.05. The fourth-order valence-corrected chi connectivity index (χ4v) is 2.33. The molecule has 0 saturated carbocycles. The van der Waals surface area contributed by atoms with Crippen molar-refractivity contribution >= 4 is 17.6 Å². The smallest absolute Gasteiger partial charge is 0.321 e. The van der Waals surface area contributed by atoms with Gasteiger partial charge in [0, 0.05) is 18.3 Å². The van der Waals surface area contributed by atoms with E-state index in [2.05, 4.69) is 16.0 Å². The van der Waals surface area contributed by atoms with Crippen molar-refractivity contribution in [2.24, 2.45) is 0 Å². The number of ether oxygens (including phenoxy) is 2. The molecule has 2 aromatic carbocycles. The van der Waals surface area contributed by atoms with Crippen LogP contribution in [0.1, 0.15) is 5.56 Å². The van der Waals surface area contributed by atoms with E-state index < -0.39 is 11.9 Å². The molecule has 1 aliphatic rings. The summed E-state index contributed by atoms with van der Waals surface area (Å²) in [6.07, 6.45) is 0. The van der Waals surface area contributed by atoms with Crippen LogP contribution in [-0.4, -0.2) is 31.7 Å². The first kappa shape index (κ1) is 16.6. The highest BCUT2D eigenvalue weighted by molar-refractivity contribution is 5.96. The van der Waals surface area contributed by atoms with E-state index in [1.165, 1.54) is 0 Å². The Kier molecular flexibility index (Phi) is 5.36. The minimum absolute atomic E-state index is 0.0294. The van der Waals surface area contributed by atoms with Gasteiger partial charge in [-0.05, 0) is 17.7 Å². The Bertz CT molecular complexity index is 749. The van der Waals surface area contributed by atoms with Crippen LogP contribution in [0, 0.1) is 0 Å². The van der Waals surface area contributed by atoms with Gasteiger partial charge in [0.25, 0.3) is 0 Å². The van der Waals surface area contributed by atoms with E-state index in [9.17, 15) is 9.59 Å². The first-order valence-electron chi connectivity index (χ1n) is 7.96. The molecule has 1 aliphatic heterocycles. The molecule has 0 spiro atoms. The number of hydrogen-bond donors (Lipinski definition) is 3. The number of imide groups is 1. The van der Waals surface area contributed by atoms with Crippen molar-refractivity contribution in [2.75, 3.05) is 25.1 Å². The molecule has 0 aliphatic carbocycles. The summed E-state index contributed by atoms with van der Waals surface area (Å²) in [5.41, 5.74) is 1.67. The number of fused-ring (bicyclic) bond motifs is 1. The van der Waals surface area contributed by atoms with Crippen LogP contribution in [0.15, 0.2) is 48.5 Å². The molecule has 3 N–H and O–H groups in total. The topological polar surface area (TPSA) is 88.7 Å². The summed E-state index contributed by atoms with van der Waals surface area (Å²) in [5.74, 6) is 0.888.